The highest BCUT2D eigenvalue weighted by molar-refractivity contribution is 5.78. The van der Waals surface area contributed by atoms with Gasteiger partial charge in [-0.1, -0.05) is 25.0 Å². The third kappa shape index (κ3) is 4.52. The third-order valence-electron chi connectivity index (χ3n) is 4.71. The molecule has 1 amide bonds. The molecule has 0 aromatic heterocycles. The third-order valence-corrected chi connectivity index (χ3v) is 4.71. The van der Waals surface area contributed by atoms with Gasteiger partial charge in [-0.05, 0) is 30.5 Å². The van der Waals surface area contributed by atoms with Crippen molar-refractivity contribution in [2.75, 3.05) is 39.3 Å². The molecule has 5 heteroatoms. The quantitative estimate of drug-likeness (QED) is 0.858. The summed E-state index contributed by atoms with van der Waals surface area (Å²) in [6.07, 6.45) is 4.61. The summed E-state index contributed by atoms with van der Waals surface area (Å²) < 4.78 is 18.8. The number of hydrogen-bond donors (Lipinski definition) is 0. The maximum absolute atomic E-state index is 13.0. The van der Waals surface area contributed by atoms with E-state index in [0.29, 0.717) is 19.7 Å². The van der Waals surface area contributed by atoms with Crippen LogP contribution in [0.25, 0.3) is 0 Å². The Hall–Kier alpha value is -1.46. The first-order valence-electron chi connectivity index (χ1n) is 8.59. The van der Waals surface area contributed by atoms with Gasteiger partial charge in [-0.15, -0.1) is 0 Å². The highest BCUT2D eigenvalue weighted by Crippen LogP contribution is 2.22. The summed E-state index contributed by atoms with van der Waals surface area (Å²) in [6, 6.07) is 6.44. The van der Waals surface area contributed by atoms with Crippen LogP contribution in [0.1, 0.15) is 37.4 Å². The summed E-state index contributed by atoms with van der Waals surface area (Å²) in [5.74, 6) is -0.00980. The van der Waals surface area contributed by atoms with Gasteiger partial charge in [0.15, 0.2) is 0 Å². The van der Waals surface area contributed by atoms with E-state index in [9.17, 15) is 9.18 Å². The number of rotatable bonds is 3. The van der Waals surface area contributed by atoms with Crippen LogP contribution in [0.5, 0.6) is 0 Å². The van der Waals surface area contributed by atoms with Crippen molar-refractivity contribution in [3.8, 4) is 0 Å². The maximum Gasteiger partial charge on any atom is 0.236 e. The average molecular weight is 320 g/mol. The van der Waals surface area contributed by atoms with E-state index >= 15 is 0 Å². The van der Waals surface area contributed by atoms with E-state index in [0.717, 1.165) is 38.0 Å². The molecule has 2 heterocycles. The normalized spacial score (nSPS) is 23.5. The van der Waals surface area contributed by atoms with E-state index in [4.69, 9.17) is 4.74 Å². The number of halogens is 1. The van der Waals surface area contributed by atoms with Crippen molar-refractivity contribution in [3.63, 3.8) is 0 Å². The lowest BCUT2D eigenvalue weighted by Crippen LogP contribution is -2.45. The number of hydrogen-bond acceptors (Lipinski definition) is 3. The van der Waals surface area contributed by atoms with Gasteiger partial charge in [0.25, 0.3) is 0 Å². The fourth-order valence-corrected chi connectivity index (χ4v) is 3.34. The number of amides is 1. The molecule has 0 radical (unpaired) electrons. The average Bonchev–Trinajstić information content (AvgIpc) is 2.85. The van der Waals surface area contributed by atoms with Crippen LogP contribution in [0.3, 0.4) is 0 Å². The minimum atomic E-state index is -0.238. The number of carbonyl (C=O) groups excluding carboxylic acids is 1. The Balaban J connectivity index is 1.55. The second-order valence-corrected chi connectivity index (χ2v) is 6.44. The second kappa shape index (κ2) is 7.88. The van der Waals surface area contributed by atoms with Gasteiger partial charge < -0.3 is 9.64 Å². The molecule has 2 aliphatic heterocycles. The van der Waals surface area contributed by atoms with Crippen molar-refractivity contribution in [3.05, 3.63) is 35.6 Å². The fraction of sp³-hybridized carbons (Fsp3) is 0.611. The lowest BCUT2D eigenvalue weighted by Gasteiger charge is -2.34. The van der Waals surface area contributed by atoms with Crippen LogP contribution >= 0.6 is 0 Å². The molecule has 0 aliphatic carbocycles. The highest BCUT2D eigenvalue weighted by atomic mass is 19.1. The summed E-state index contributed by atoms with van der Waals surface area (Å²) in [4.78, 5) is 16.7. The van der Waals surface area contributed by atoms with E-state index in [1.165, 1.54) is 25.0 Å². The molecule has 2 saturated heterocycles. The minimum Gasteiger partial charge on any atom is -0.371 e. The lowest BCUT2D eigenvalue weighted by atomic mass is 10.1. The van der Waals surface area contributed by atoms with Crippen molar-refractivity contribution in [1.29, 1.82) is 0 Å². The van der Waals surface area contributed by atoms with E-state index in [-0.39, 0.29) is 17.8 Å². The summed E-state index contributed by atoms with van der Waals surface area (Å²) in [6.45, 7) is 4.31. The number of carbonyl (C=O) groups is 1. The first kappa shape index (κ1) is 16.4. The molecule has 23 heavy (non-hydrogen) atoms. The van der Waals surface area contributed by atoms with Gasteiger partial charge >= 0.3 is 0 Å². The Kier molecular flexibility index (Phi) is 5.62. The predicted octanol–water partition coefficient (Wildman–Crippen LogP) is 2.60. The number of ether oxygens (including phenoxy) is 1. The lowest BCUT2D eigenvalue weighted by molar-refractivity contribution is -0.134. The van der Waals surface area contributed by atoms with Crippen LogP contribution < -0.4 is 0 Å². The topological polar surface area (TPSA) is 32.8 Å². The van der Waals surface area contributed by atoms with Gasteiger partial charge in [-0.3, -0.25) is 9.69 Å². The molecular weight excluding hydrogens is 295 g/mol. The van der Waals surface area contributed by atoms with E-state index in [1.807, 2.05) is 4.90 Å². The Labute approximate surface area is 137 Å². The van der Waals surface area contributed by atoms with Crippen LogP contribution in [0.4, 0.5) is 4.39 Å². The van der Waals surface area contributed by atoms with E-state index < -0.39 is 0 Å². The summed E-state index contributed by atoms with van der Waals surface area (Å²) in [5.41, 5.74) is 0.971. The van der Waals surface area contributed by atoms with Crippen LogP contribution in [-0.2, 0) is 9.53 Å². The largest absolute Gasteiger partial charge is 0.371 e. The summed E-state index contributed by atoms with van der Waals surface area (Å²) in [5, 5.41) is 0. The standard InChI is InChI=1S/C18H25FN2O2/c19-16-7-5-15(6-8-16)17-13-20(11-12-23-17)14-18(22)21-9-3-1-2-4-10-21/h5-8,17H,1-4,9-14H2. The first-order valence-corrected chi connectivity index (χ1v) is 8.59. The van der Waals surface area contributed by atoms with Gasteiger partial charge in [-0.25, -0.2) is 4.39 Å². The Morgan fingerprint density at radius 2 is 1.78 bits per heavy atom. The molecule has 0 saturated carbocycles. The maximum atomic E-state index is 13.0. The summed E-state index contributed by atoms with van der Waals surface area (Å²) in [7, 11) is 0. The molecule has 2 fully saturated rings. The summed E-state index contributed by atoms with van der Waals surface area (Å²) >= 11 is 0. The second-order valence-electron chi connectivity index (χ2n) is 6.44. The molecule has 1 aromatic carbocycles. The molecule has 4 nitrogen and oxygen atoms in total. The van der Waals surface area contributed by atoms with Crippen molar-refractivity contribution < 1.29 is 13.9 Å². The van der Waals surface area contributed by atoms with Gasteiger partial charge in [0.05, 0.1) is 19.3 Å². The molecule has 0 N–H and O–H groups in total. The van der Waals surface area contributed by atoms with Crippen LogP contribution in [0, 0.1) is 5.82 Å². The molecule has 126 valence electrons. The smallest absolute Gasteiger partial charge is 0.236 e. The zero-order valence-electron chi connectivity index (χ0n) is 13.5. The van der Waals surface area contributed by atoms with Gasteiger partial charge in [0.1, 0.15) is 5.82 Å². The number of morpholine rings is 1. The number of likely N-dealkylation sites (tertiary alicyclic amines) is 1. The van der Waals surface area contributed by atoms with Crippen molar-refractivity contribution >= 4 is 5.91 Å². The Morgan fingerprint density at radius 1 is 1.09 bits per heavy atom. The number of nitrogens with zero attached hydrogens (tertiary/aromatic N) is 2. The molecule has 1 atom stereocenters. The van der Waals surface area contributed by atoms with Crippen molar-refractivity contribution in [1.82, 2.24) is 9.80 Å². The SMILES string of the molecule is O=C(CN1CCOC(c2ccc(F)cc2)C1)N1CCCCCC1. The van der Waals surface area contributed by atoms with Crippen molar-refractivity contribution in [2.45, 2.75) is 31.8 Å². The zero-order valence-corrected chi connectivity index (χ0v) is 13.5. The monoisotopic (exact) mass is 320 g/mol. The van der Waals surface area contributed by atoms with Gasteiger partial charge in [0.2, 0.25) is 5.91 Å². The molecule has 0 spiro atoms. The number of benzene rings is 1. The van der Waals surface area contributed by atoms with E-state index in [2.05, 4.69) is 4.90 Å². The molecule has 3 rings (SSSR count). The predicted molar refractivity (Wildman–Crippen MR) is 86.6 cm³/mol. The van der Waals surface area contributed by atoms with Crippen LogP contribution in [-0.4, -0.2) is 55.0 Å². The molecule has 0 bridgehead atoms. The van der Waals surface area contributed by atoms with Crippen LogP contribution in [0.15, 0.2) is 24.3 Å². The van der Waals surface area contributed by atoms with Gasteiger partial charge in [-0.2, -0.15) is 0 Å². The Morgan fingerprint density at radius 3 is 2.48 bits per heavy atom. The first-order chi connectivity index (χ1) is 11.2. The Bertz CT molecular complexity index is 512. The highest BCUT2D eigenvalue weighted by Gasteiger charge is 2.25. The van der Waals surface area contributed by atoms with E-state index in [1.54, 1.807) is 12.1 Å². The molecule has 1 aromatic rings. The molecule has 1 unspecified atom stereocenters. The molecule has 2 aliphatic rings. The fourth-order valence-electron chi connectivity index (χ4n) is 3.34. The zero-order chi connectivity index (χ0) is 16.1. The van der Waals surface area contributed by atoms with Crippen LogP contribution in [0.2, 0.25) is 0 Å². The minimum absolute atomic E-state index is 0.0821. The molecular formula is C18H25FN2O2. The van der Waals surface area contributed by atoms with Crippen molar-refractivity contribution in [2.24, 2.45) is 0 Å². The van der Waals surface area contributed by atoms with Gasteiger partial charge in [0, 0.05) is 26.2 Å².